The standard InChI is InChI=1S/C29H22Cl2F6N2O3/c1-16(40)18-3-5-19(6-4-18)26(41)38-8-9-39(23(15-38)10-17-2-7-24(30)25(31)11-17)27(42)20-12-21(28(32,33)34)14-22(13-20)29(35,36)37/h2-7,11-14,23H,8-10,15H2,1H3/t23-/m1/s1. The highest BCUT2D eigenvalue weighted by atomic mass is 35.5. The topological polar surface area (TPSA) is 57.7 Å². The lowest BCUT2D eigenvalue weighted by molar-refractivity contribution is -0.143. The smallest absolute Gasteiger partial charge is 0.335 e. The van der Waals surface area contributed by atoms with Crippen LogP contribution in [-0.4, -0.2) is 53.1 Å². The predicted molar refractivity (Wildman–Crippen MR) is 144 cm³/mol. The van der Waals surface area contributed by atoms with Crippen LogP contribution in [0.1, 0.15) is 54.7 Å². The molecule has 3 aromatic rings. The van der Waals surface area contributed by atoms with Crippen LogP contribution in [0.25, 0.3) is 0 Å². The number of hydrogen-bond acceptors (Lipinski definition) is 3. The summed E-state index contributed by atoms with van der Waals surface area (Å²) in [5.74, 6) is -1.66. The molecule has 1 saturated heterocycles. The van der Waals surface area contributed by atoms with E-state index in [0.717, 1.165) is 0 Å². The van der Waals surface area contributed by atoms with Crippen LogP contribution < -0.4 is 0 Å². The van der Waals surface area contributed by atoms with Gasteiger partial charge in [0.25, 0.3) is 11.8 Å². The summed E-state index contributed by atoms with van der Waals surface area (Å²) in [6, 6.07) is 10.5. The van der Waals surface area contributed by atoms with Crippen molar-refractivity contribution in [1.29, 1.82) is 0 Å². The Balaban J connectivity index is 1.69. The Kier molecular flexibility index (Phi) is 8.94. The first kappa shape index (κ1) is 31.4. The highest BCUT2D eigenvalue weighted by Gasteiger charge is 2.39. The van der Waals surface area contributed by atoms with E-state index in [1.54, 1.807) is 6.07 Å². The molecule has 4 rings (SSSR count). The van der Waals surface area contributed by atoms with Gasteiger partial charge in [-0.15, -0.1) is 0 Å². The van der Waals surface area contributed by atoms with Crippen molar-refractivity contribution in [3.05, 3.63) is 104 Å². The summed E-state index contributed by atoms with van der Waals surface area (Å²) in [5, 5.41) is 0.459. The number of rotatable bonds is 5. The molecule has 2 amide bonds. The number of halogens is 8. The Morgan fingerprint density at radius 2 is 1.31 bits per heavy atom. The molecule has 1 fully saturated rings. The lowest BCUT2D eigenvalue weighted by atomic mass is 9.98. The maximum Gasteiger partial charge on any atom is 0.416 e. The number of ketones is 1. The molecule has 13 heteroatoms. The van der Waals surface area contributed by atoms with Gasteiger partial charge in [0.2, 0.25) is 0 Å². The Bertz CT molecular complexity index is 1490. The van der Waals surface area contributed by atoms with Gasteiger partial charge in [-0.05, 0) is 61.4 Å². The second kappa shape index (κ2) is 12.0. The van der Waals surface area contributed by atoms with Crippen molar-refractivity contribution in [1.82, 2.24) is 9.80 Å². The van der Waals surface area contributed by atoms with Crippen LogP contribution in [0.15, 0.2) is 60.7 Å². The van der Waals surface area contributed by atoms with Crippen molar-refractivity contribution in [2.24, 2.45) is 0 Å². The van der Waals surface area contributed by atoms with Crippen LogP contribution in [-0.2, 0) is 18.8 Å². The van der Waals surface area contributed by atoms with Crippen molar-refractivity contribution < 1.29 is 40.7 Å². The van der Waals surface area contributed by atoms with Crippen molar-refractivity contribution in [3.8, 4) is 0 Å². The Morgan fingerprint density at radius 1 is 0.738 bits per heavy atom. The summed E-state index contributed by atoms with van der Waals surface area (Å²) < 4.78 is 80.8. The zero-order chi connectivity index (χ0) is 31.0. The van der Waals surface area contributed by atoms with E-state index in [9.17, 15) is 40.7 Å². The van der Waals surface area contributed by atoms with Crippen LogP contribution in [0.5, 0.6) is 0 Å². The summed E-state index contributed by atoms with van der Waals surface area (Å²) in [6.07, 6.45) is -10.2. The van der Waals surface area contributed by atoms with Crippen molar-refractivity contribution in [2.45, 2.75) is 31.7 Å². The number of carbonyl (C=O) groups excluding carboxylic acids is 3. The van der Waals surface area contributed by atoms with E-state index in [4.69, 9.17) is 23.2 Å². The van der Waals surface area contributed by atoms with E-state index in [-0.39, 0.29) is 53.5 Å². The summed E-state index contributed by atoms with van der Waals surface area (Å²) >= 11 is 12.1. The monoisotopic (exact) mass is 630 g/mol. The third-order valence-electron chi connectivity index (χ3n) is 6.86. The minimum Gasteiger partial charge on any atom is -0.335 e. The van der Waals surface area contributed by atoms with Gasteiger partial charge in [0.1, 0.15) is 0 Å². The summed E-state index contributed by atoms with van der Waals surface area (Å²) in [4.78, 5) is 41.0. The third-order valence-corrected chi connectivity index (χ3v) is 7.60. The van der Waals surface area contributed by atoms with E-state index >= 15 is 0 Å². The highest BCUT2D eigenvalue weighted by Crippen LogP contribution is 2.37. The molecule has 5 nitrogen and oxygen atoms in total. The minimum atomic E-state index is -5.13. The zero-order valence-electron chi connectivity index (χ0n) is 21.8. The maximum atomic E-state index is 13.5. The molecular formula is C29H22Cl2F6N2O3. The molecule has 0 aromatic heterocycles. The normalized spacial score (nSPS) is 16.0. The molecule has 0 spiro atoms. The van der Waals surface area contributed by atoms with Crippen LogP contribution in [0.4, 0.5) is 26.3 Å². The van der Waals surface area contributed by atoms with E-state index in [2.05, 4.69) is 0 Å². The van der Waals surface area contributed by atoms with Gasteiger partial charge >= 0.3 is 12.4 Å². The zero-order valence-corrected chi connectivity index (χ0v) is 23.3. The highest BCUT2D eigenvalue weighted by molar-refractivity contribution is 6.42. The quantitative estimate of drug-likeness (QED) is 0.217. The maximum absolute atomic E-state index is 13.5. The number of alkyl halides is 6. The van der Waals surface area contributed by atoms with Crippen molar-refractivity contribution in [2.75, 3.05) is 19.6 Å². The number of hydrogen-bond donors (Lipinski definition) is 0. The van der Waals surface area contributed by atoms with Crippen LogP contribution in [0.3, 0.4) is 0 Å². The first-order valence-electron chi connectivity index (χ1n) is 12.5. The number of piperazine rings is 1. The first-order valence-corrected chi connectivity index (χ1v) is 13.2. The van der Waals surface area contributed by atoms with E-state index < -0.39 is 46.9 Å². The van der Waals surface area contributed by atoms with Crippen molar-refractivity contribution in [3.63, 3.8) is 0 Å². The lowest BCUT2D eigenvalue weighted by Gasteiger charge is -2.42. The first-order chi connectivity index (χ1) is 19.5. The molecular weight excluding hydrogens is 609 g/mol. The predicted octanol–water partition coefficient (Wildman–Crippen LogP) is 7.44. The lowest BCUT2D eigenvalue weighted by Crippen LogP contribution is -2.57. The average Bonchev–Trinajstić information content (AvgIpc) is 2.93. The minimum absolute atomic E-state index is 0.0397. The van der Waals surface area contributed by atoms with Gasteiger partial charge in [-0.25, -0.2) is 0 Å². The van der Waals surface area contributed by atoms with Crippen LogP contribution >= 0.6 is 23.2 Å². The van der Waals surface area contributed by atoms with Gasteiger partial charge in [0.15, 0.2) is 5.78 Å². The van der Waals surface area contributed by atoms with Gasteiger partial charge < -0.3 is 9.80 Å². The van der Waals surface area contributed by atoms with E-state index in [1.165, 1.54) is 53.1 Å². The molecule has 42 heavy (non-hydrogen) atoms. The molecule has 1 atom stereocenters. The fraction of sp³-hybridized carbons (Fsp3) is 0.276. The summed E-state index contributed by atoms with van der Waals surface area (Å²) in [6.45, 7) is 1.09. The van der Waals surface area contributed by atoms with Crippen LogP contribution in [0.2, 0.25) is 10.0 Å². The van der Waals surface area contributed by atoms with Gasteiger partial charge in [0, 0.05) is 36.3 Å². The molecule has 0 saturated carbocycles. The molecule has 1 heterocycles. The molecule has 1 aliphatic heterocycles. The molecule has 0 bridgehead atoms. The molecule has 1 aliphatic rings. The van der Waals surface area contributed by atoms with Gasteiger partial charge in [-0.3, -0.25) is 14.4 Å². The van der Waals surface area contributed by atoms with Gasteiger partial charge in [-0.1, -0.05) is 41.4 Å². The second-order valence-corrected chi connectivity index (χ2v) is 10.6. The Hall–Kier alpha value is -3.57. The Morgan fingerprint density at radius 3 is 1.83 bits per heavy atom. The fourth-order valence-corrected chi connectivity index (χ4v) is 5.02. The van der Waals surface area contributed by atoms with Crippen LogP contribution in [0, 0.1) is 0 Å². The molecule has 3 aromatic carbocycles. The molecule has 0 unspecified atom stereocenters. The third kappa shape index (κ3) is 7.07. The van der Waals surface area contributed by atoms with Gasteiger partial charge in [-0.2, -0.15) is 26.3 Å². The largest absolute Gasteiger partial charge is 0.416 e. The summed E-state index contributed by atoms with van der Waals surface area (Å²) in [5.41, 5.74) is -2.75. The SMILES string of the molecule is CC(=O)c1ccc(C(=O)N2CCN(C(=O)c3cc(C(F)(F)F)cc(C(F)(F)F)c3)[C@H](Cc3ccc(Cl)c(Cl)c3)C2)cc1. The number of benzene rings is 3. The van der Waals surface area contributed by atoms with E-state index in [1.807, 2.05) is 0 Å². The van der Waals surface area contributed by atoms with E-state index in [0.29, 0.717) is 23.3 Å². The van der Waals surface area contributed by atoms with Crippen molar-refractivity contribution >= 4 is 40.8 Å². The Labute approximate surface area is 246 Å². The number of Topliss-reactive ketones (excluding diaryl/α,β-unsaturated/α-hetero) is 1. The number of amides is 2. The molecule has 0 radical (unpaired) electrons. The molecule has 0 N–H and O–H groups in total. The number of carbonyl (C=O) groups is 3. The fourth-order valence-electron chi connectivity index (χ4n) is 4.69. The molecule has 222 valence electrons. The number of nitrogens with zero attached hydrogens (tertiary/aromatic N) is 2. The second-order valence-electron chi connectivity index (χ2n) is 9.78. The molecule has 0 aliphatic carbocycles. The summed E-state index contributed by atoms with van der Waals surface area (Å²) in [7, 11) is 0. The average molecular weight is 631 g/mol. The van der Waals surface area contributed by atoms with Gasteiger partial charge in [0.05, 0.1) is 27.2 Å².